The number of hydrogen-bond acceptors (Lipinski definition) is 4. The number of benzene rings is 6. The smallest absolute Gasteiger partial charge is 0.139 e. The van der Waals surface area contributed by atoms with Crippen LogP contribution >= 0.6 is 0 Å². The van der Waals surface area contributed by atoms with Gasteiger partial charge < -0.3 is 9.47 Å². The molecule has 0 aliphatic carbocycles. The lowest BCUT2D eigenvalue weighted by Crippen LogP contribution is -1.95. The van der Waals surface area contributed by atoms with Crippen molar-refractivity contribution in [2.45, 2.75) is 0 Å². The molecule has 2 heterocycles. The van der Waals surface area contributed by atoms with Crippen molar-refractivity contribution >= 4 is 43.4 Å². The fourth-order valence-electron chi connectivity index (χ4n) is 5.43. The van der Waals surface area contributed by atoms with Gasteiger partial charge in [-0.2, -0.15) is 0 Å². The summed E-state index contributed by atoms with van der Waals surface area (Å²) in [4.78, 5) is 9.99. The monoisotopic (exact) mass is 540 g/mol. The number of hydrogen-bond donors (Lipinski definition) is 0. The van der Waals surface area contributed by atoms with Crippen molar-refractivity contribution in [1.82, 2.24) is 9.97 Å². The summed E-state index contributed by atoms with van der Waals surface area (Å²) in [6.07, 6.45) is 0. The predicted molar refractivity (Wildman–Crippen MR) is 171 cm³/mol. The summed E-state index contributed by atoms with van der Waals surface area (Å²) in [5.41, 5.74) is 3.08. The highest BCUT2D eigenvalue weighted by molar-refractivity contribution is 5.92. The van der Waals surface area contributed by atoms with Gasteiger partial charge in [0.2, 0.25) is 0 Å². The Kier molecular flexibility index (Phi) is 5.75. The number of aromatic nitrogens is 2. The van der Waals surface area contributed by atoms with Crippen LogP contribution in [-0.4, -0.2) is 9.97 Å². The summed E-state index contributed by atoms with van der Waals surface area (Å²) in [6, 6.07) is 48.8. The molecule has 0 aliphatic heterocycles. The Morgan fingerprint density at radius 1 is 0.357 bits per heavy atom. The van der Waals surface area contributed by atoms with Crippen molar-refractivity contribution in [2.75, 3.05) is 0 Å². The van der Waals surface area contributed by atoms with Gasteiger partial charge in [0.15, 0.2) is 0 Å². The van der Waals surface area contributed by atoms with E-state index in [9.17, 15) is 0 Å². The molecule has 6 aromatic carbocycles. The molecular formula is C38H24N2O2. The molecule has 0 aliphatic rings. The maximum Gasteiger partial charge on any atom is 0.139 e. The Hall–Kier alpha value is -5.74. The SMILES string of the molecule is c1ccc2cc(Oc3cc(-c4cc(Oc5ccc6ccccc6c5)c5ccccc5n4)nc4ccccc34)ccc2c1. The average Bonchev–Trinajstić information content (AvgIpc) is 3.04. The van der Waals surface area contributed by atoms with Gasteiger partial charge in [0.1, 0.15) is 23.0 Å². The largest absolute Gasteiger partial charge is 0.457 e. The topological polar surface area (TPSA) is 44.2 Å². The average molecular weight is 541 g/mol. The minimum Gasteiger partial charge on any atom is -0.457 e. The van der Waals surface area contributed by atoms with Crippen molar-refractivity contribution < 1.29 is 9.47 Å². The molecule has 8 aromatic rings. The molecule has 42 heavy (non-hydrogen) atoms. The van der Waals surface area contributed by atoms with Crippen LogP contribution in [0.5, 0.6) is 23.0 Å². The van der Waals surface area contributed by atoms with E-state index in [0.29, 0.717) is 11.4 Å². The minimum atomic E-state index is 0.707. The first kappa shape index (κ1) is 24.1. The van der Waals surface area contributed by atoms with Crippen LogP contribution in [-0.2, 0) is 0 Å². The number of fused-ring (bicyclic) bond motifs is 4. The first-order valence-electron chi connectivity index (χ1n) is 13.9. The summed E-state index contributed by atoms with van der Waals surface area (Å²) in [5.74, 6) is 2.97. The molecule has 0 atom stereocenters. The highest BCUT2D eigenvalue weighted by Gasteiger charge is 2.15. The Bertz CT molecular complexity index is 2110. The van der Waals surface area contributed by atoms with Crippen molar-refractivity contribution in [3.8, 4) is 34.4 Å². The third kappa shape index (κ3) is 4.45. The van der Waals surface area contributed by atoms with Crippen LogP contribution in [0.2, 0.25) is 0 Å². The Morgan fingerprint density at radius 3 is 1.24 bits per heavy atom. The van der Waals surface area contributed by atoms with E-state index in [4.69, 9.17) is 19.4 Å². The lowest BCUT2D eigenvalue weighted by molar-refractivity contribution is 0.487. The number of ether oxygens (including phenoxy) is 2. The molecule has 2 aromatic heterocycles. The van der Waals surface area contributed by atoms with Gasteiger partial charge in [0.25, 0.3) is 0 Å². The van der Waals surface area contributed by atoms with Crippen LogP contribution in [0.4, 0.5) is 0 Å². The molecule has 4 heteroatoms. The molecule has 0 bridgehead atoms. The molecular weight excluding hydrogens is 516 g/mol. The van der Waals surface area contributed by atoms with E-state index in [1.165, 1.54) is 10.8 Å². The van der Waals surface area contributed by atoms with E-state index in [1.54, 1.807) is 0 Å². The van der Waals surface area contributed by atoms with Crippen molar-refractivity contribution in [3.05, 3.63) is 146 Å². The fourth-order valence-corrected chi connectivity index (χ4v) is 5.43. The highest BCUT2D eigenvalue weighted by atomic mass is 16.5. The second-order valence-electron chi connectivity index (χ2n) is 10.3. The standard InChI is InChI=1S/C38H24N2O2/c1-3-11-27-21-29(19-17-25(27)9-1)41-37-23-35(39-33-15-7-5-13-31(33)37)36-24-38(32-14-6-8-16-34(32)40-36)42-30-20-18-26-10-2-4-12-28(26)22-30/h1-24H. The summed E-state index contributed by atoms with van der Waals surface area (Å²) in [6.45, 7) is 0. The third-order valence-corrected chi connectivity index (χ3v) is 7.52. The van der Waals surface area contributed by atoms with E-state index in [-0.39, 0.29) is 0 Å². The number of pyridine rings is 2. The van der Waals surface area contributed by atoms with Gasteiger partial charge >= 0.3 is 0 Å². The molecule has 0 fully saturated rings. The predicted octanol–water partition coefficient (Wildman–Crippen LogP) is 10.3. The Balaban J connectivity index is 1.24. The lowest BCUT2D eigenvalue weighted by Gasteiger charge is -2.14. The molecule has 0 N–H and O–H groups in total. The van der Waals surface area contributed by atoms with Crippen LogP contribution in [0.25, 0.3) is 54.7 Å². The number of para-hydroxylation sites is 2. The minimum absolute atomic E-state index is 0.707. The van der Waals surface area contributed by atoms with E-state index >= 15 is 0 Å². The molecule has 198 valence electrons. The highest BCUT2D eigenvalue weighted by Crippen LogP contribution is 2.37. The Morgan fingerprint density at radius 2 is 0.762 bits per heavy atom. The summed E-state index contributed by atoms with van der Waals surface area (Å²) in [7, 11) is 0. The second kappa shape index (κ2) is 10.0. The van der Waals surface area contributed by atoms with E-state index in [1.807, 2.05) is 97.1 Å². The van der Waals surface area contributed by atoms with Gasteiger partial charge in [-0.25, -0.2) is 9.97 Å². The van der Waals surface area contributed by atoms with Crippen molar-refractivity contribution in [1.29, 1.82) is 0 Å². The van der Waals surface area contributed by atoms with Crippen LogP contribution in [0, 0.1) is 0 Å². The summed E-state index contributed by atoms with van der Waals surface area (Å²) in [5, 5.41) is 6.46. The molecule has 0 amide bonds. The quantitative estimate of drug-likeness (QED) is 0.218. The Labute approximate surface area is 242 Å². The first-order valence-corrected chi connectivity index (χ1v) is 13.9. The van der Waals surface area contributed by atoms with Crippen molar-refractivity contribution in [2.24, 2.45) is 0 Å². The van der Waals surface area contributed by atoms with Crippen LogP contribution in [0.15, 0.2) is 146 Å². The molecule has 0 unspecified atom stereocenters. The second-order valence-corrected chi connectivity index (χ2v) is 10.3. The van der Waals surface area contributed by atoms with E-state index < -0.39 is 0 Å². The summed E-state index contributed by atoms with van der Waals surface area (Å²) >= 11 is 0. The van der Waals surface area contributed by atoms with Gasteiger partial charge in [0.05, 0.1) is 22.4 Å². The zero-order valence-corrected chi connectivity index (χ0v) is 22.6. The van der Waals surface area contributed by atoms with E-state index in [2.05, 4.69) is 48.5 Å². The number of nitrogens with zero attached hydrogens (tertiary/aromatic N) is 2. The fraction of sp³-hybridized carbons (Fsp3) is 0. The summed E-state index contributed by atoms with van der Waals surface area (Å²) < 4.78 is 13.0. The van der Waals surface area contributed by atoms with Gasteiger partial charge in [-0.15, -0.1) is 0 Å². The molecule has 0 spiro atoms. The first-order chi connectivity index (χ1) is 20.8. The van der Waals surface area contributed by atoms with Gasteiger partial charge in [0, 0.05) is 22.9 Å². The van der Waals surface area contributed by atoms with Crippen LogP contribution in [0.1, 0.15) is 0 Å². The maximum atomic E-state index is 6.52. The molecule has 8 rings (SSSR count). The third-order valence-electron chi connectivity index (χ3n) is 7.52. The molecule has 0 radical (unpaired) electrons. The lowest BCUT2D eigenvalue weighted by atomic mass is 10.1. The maximum absolute atomic E-state index is 6.52. The molecule has 0 saturated carbocycles. The zero-order valence-electron chi connectivity index (χ0n) is 22.6. The van der Waals surface area contributed by atoms with Gasteiger partial charge in [-0.3, -0.25) is 0 Å². The van der Waals surface area contributed by atoms with E-state index in [0.717, 1.165) is 55.6 Å². The van der Waals surface area contributed by atoms with Crippen LogP contribution < -0.4 is 9.47 Å². The van der Waals surface area contributed by atoms with Crippen molar-refractivity contribution in [3.63, 3.8) is 0 Å². The van der Waals surface area contributed by atoms with Crippen LogP contribution in [0.3, 0.4) is 0 Å². The molecule has 0 saturated heterocycles. The van der Waals surface area contributed by atoms with Gasteiger partial charge in [-0.1, -0.05) is 84.9 Å². The normalized spacial score (nSPS) is 11.3. The zero-order chi connectivity index (χ0) is 27.9. The van der Waals surface area contributed by atoms with Gasteiger partial charge in [-0.05, 0) is 70.1 Å². The number of rotatable bonds is 5. The molecule has 4 nitrogen and oxygen atoms in total.